The molecule has 0 heterocycles. The summed E-state index contributed by atoms with van der Waals surface area (Å²) in [6.07, 6.45) is -7.00. The molecule has 0 aromatic heterocycles. The van der Waals surface area contributed by atoms with Gasteiger partial charge < -0.3 is 45.0 Å². The molecule has 1 radical (unpaired) electrons. The first-order valence-corrected chi connectivity index (χ1v) is 1.84. The molecule has 0 fully saturated rings. The zero-order chi connectivity index (χ0) is 10.7. The van der Waals surface area contributed by atoms with Gasteiger partial charge in [-0.3, -0.25) is 0 Å². The van der Waals surface area contributed by atoms with Crippen LogP contribution in [0.3, 0.4) is 0 Å². The topological polar surface area (TPSA) is 190 Å². The van der Waals surface area contributed by atoms with Crippen molar-refractivity contribution in [1.82, 2.24) is 0 Å². The Bertz CT molecular complexity index is 123. The zero-order valence-corrected chi connectivity index (χ0v) is 11.6. The van der Waals surface area contributed by atoms with Gasteiger partial charge in [0.05, 0.1) is 0 Å². The average Bonchev–Trinajstić information content (AvgIpc) is 1.54. The molecular weight excluding hydrogens is 303 g/mol. The Labute approximate surface area is 139 Å². The summed E-state index contributed by atoms with van der Waals surface area (Å²) in [6, 6.07) is 0. The number of rotatable bonds is 0. The van der Waals surface area contributed by atoms with Crippen LogP contribution in [0.4, 0.5) is 14.4 Å². The van der Waals surface area contributed by atoms with Crippen molar-refractivity contribution >= 4 is 79.3 Å². The summed E-state index contributed by atoms with van der Waals surface area (Å²) in [5.74, 6) is 0. The van der Waals surface area contributed by atoms with E-state index in [0.29, 0.717) is 0 Å². The zero-order valence-electron chi connectivity index (χ0n) is 6.92. The minimum absolute atomic E-state index is 0. The van der Waals surface area contributed by atoms with Gasteiger partial charge in [0, 0.05) is 0 Å². The molecule has 9 nitrogen and oxygen atoms in total. The molecule has 79 valence electrons. The van der Waals surface area contributed by atoms with Gasteiger partial charge in [-0.05, 0) is 18.5 Å². The quantitative estimate of drug-likeness (QED) is 0.391. The summed E-state index contributed by atoms with van der Waals surface area (Å²) < 4.78 is 0. The van der Waals surface area contributed by atoms with Crippen molar-refractivity contribution in [3.8, 4) is 0 Å². The van der Waals surface area contributed by atoms with Gasteiger partial charge in [0.2, 0.25) is 0 Å². The van der Waals surface area contributed by atoms with Crippen molar-refractivity contribution in [1.29, 1.82) is 0 Å². The summed E-state index contributed by atoms with van der Waals surface area (Å²) >= 11 is 0. The minimum atomic E-state index is -2.33. The first-order chi connectivity index (χ1) is 5.20. The molecule has 0 spiro atoms. The van der Waals surface area contributed by atoms with Gasteiger partial charge in [-0.15, -0.1) is 0 Å². The van der Waals surface area contributed by atoms with Crippen LogP contribution in [0.25, 0.3) is 0 Å². The van der Waals surface area contributed by atoms with Crippen LogP contribution in [-0.4, -0.2) is 79.3 Å². The molecule has 0 bridgehead atoms. The Morgan fingerprint density at radius 1 is 0.600 bits per heavy atom. The second kappa shape index (κ2) is 29.3. The average molecular weight is 303 g/mol. The number of carbonyl (C=O) groups is 3. The van der Waals surface area contributed by atoms with Gasteiger partial charge >= 0.3 is 77.6 Å². The normalized spacial score (nSPS) is 4.80. The van der Waals surface area contributed by atoms with Gasteiger partial charge in [0.1, 0.15) is 0 Å². The maximum absolute atomic E-state index is 8.33. The number of hydrogen-bond acceptors (Lipinski definition) is 9. The molecule has 0 aliphatic carbocycles. The van der Waals surface area contributed by atoms with Crippen LogP contribution in [0, 0.1) is 0 Å². The molecule has 0 aliphatic rings. The molecule has 12 heteroatoms. The van der Waals surface area contributed by atoms with E-state index < -0.39 is 18.5 Å². The summed E-state index contributed by atoms with van der Waals surface area (Å²) in [7, 11) is 0. The molecule has 0 aromatic carbocycles. The van der Waals surface area contributed by atoms with Crippen LogP contribution in [0.1, 0.15) is 0 Å². The van der Waals surface area contributed by atoms with Crippen LogP contribution in [0.15, 0.2) is 0 Å². The van der Waals surface area contributed by atoms with Gasteiger partial charge in [-0.2, -0.15) is 0 Å². The van der Waals surface area contributed by atoms with Crippen molar-refractivity contribution in [2.24, 2.45) is 0 Å². The van der Waals surface area contributed by atoms with Crippen molar-refractivity contribution in [2.45, 2.75) is 0 Å². The Balaban J connectivity index is -0.0000000184. The Hall–Kier alpha value is 0.342. The molecule has 0 saturated carbocycles. The fourth-order valence-corrected chi connectivity index (χ4v) is 0. The van der Waals surface area contributed by atoms with Crippen LogP contribution in [0.2, 0.25) is 0 Å². The largest absolute Gasteiger partial charge is 2.00 e. The van der Waals surface area contributed by atoms with E-state index in [1.807, 2.05) is 0 Å². The van der Waals surface area contributed by atoms with E-state index in [1.165, 1.54) is 0 Å². The van der Waals surface area contributed by atoms with Crippen molar-refractivity contribution in [3.05, 3.63) is 0 Å². The maximum atomic E-state index is 8.33. The van der Waals surface area contributed by atoms with Gasteiger partial charge in [0.15, 0.2) is 0 Å². The van der Waals surface area contributed by atoms with E-state index >= 15 is 0 Å². The minimum Gasteiger partial charge on any atom is -0.652 e. The fourth-order valence-electron chi connectivity index (χ4n) is 0. The summed E-state index contributed by atoms with van der Waals surface area (Å²) in [5.41, 5.74) is 0. The molecule has 0 atom stereocenters. The summed E-state index contributed by atoms with van der Waals surface area (Å²) in [5, 5.41) is 50.0. The summed E-state index contributed by atoms with van der Waals surface area (Å²) in [4.78, 5) is 25.0. The molecule has 15 heavy (non-hydrogen) atoms. The SMILES string of the molecule is O=C([O-])[O-].O=C([O-])[O-].O=C([O-])[O-].[Ca+2].[Co+2].[Mg+2]. The Kier molecular flexibility index (Phi) is 70.5. The van der Waals surface area contributed by atoms with Gasteiger partial charge in [0.25, 0.3) is 0 Å². The second-order valence-electron chi connectivity index (χ2n) is 0.750. The van der Waals surface area contributed by atoms with Crippen molar-refractivity contribution in [2.75, 3.05) is 0 Å². The Morgan fingerprint density at radius 2 is 0.600 bits per heavy atom. The molecule has 0 saturated heterocycles. The van der Waals surface area contributed by atoms with Crippen LogP contribution < -0.4 is 30.6 Å². The van der Waals surface area contributed by atoms with E-state index in [2.05, 4.69) is 0 Å². The molecule has 0 N–H and O–H groups in total. The number of hydrogen-bond donors (Lipinski definition) is 0. The first-order valence-electron chi connectivity index (χ1n) is 1.84. The molecule has 0 aliphatic heterocycles. The van der Waals surface area contributed by atoms with Crippen LogP contribution in [0.5, 0.6) is 0 Å². The van der Waals surface area contributed by atoms with Crippen LogP contribution >= 0.6 is 0 Å². The van der Waals surface area contributed by atoms with E-state index in [9.17, 15) is 0 Å². The maximum Gasteiger partial charge on any atom is 2.00 e. The van der Waals surface area contributed by atoms with Crippen molar-refractivity contribution < 1.29 is 61.8 Å². The molecular formula is C3CaCoMgO9. The van der Waals surface area contributed by atoms with Crippen molar-refractivity contribution in [3.63, 3.8) is 0 Å². The smallest absolute Gasteiger partial charge is 0.652 e. The van der Waals surface area contributed by atoms with Crippen LogP contribution in [-0.2, 0) is 16.8 Å². The monoisotopic (exact) mass is 303 g/mol. The fraction of sp³-hybridized carbons (Fsp3) is 0. The predicted molar refractivity (Wildman–Crippen MR) is 27.7 cm³/mol. The molecule has 0 unspecified atom stereocenters. The van der Waals surface area contributed by atoms with E-state index in [4.69, 9.17) is 45.0 Å². The molecule has 0 amide bonds. The standard InChI is InChI=1S/3CH2O3.Ca.Co.Mg/c3*2-1(3)4;;;/h3*(H2,2,3,4);;;/q;;;3*+2/p-6. The molecule has 0 rings (SSSR count). The summed E-state index contributed by atoms with van der Waals surface area (Å²) in [6.45, 7) is 0. The molecule has 0 aromatic rings. The predicted octanol–water partition coefficient (Wildman–Crippen LogP) is -8.11. The number of carbonyl (C=O) groups excluding carboxylic acids is 3. The van der Waals surface area contributed by atoms with E-state index in [1.54, 1.807) is 0 Å². The number of carboxylic acid groups (broad SMARTS) is 6. The third-order valence-electron chi connectivity index (χ3n) is 0. The third kappa shape index (κ3) is 18600. The van der Waals surface area contributed by atoms with Gasteiger partial charge in [-0.1, -0.05) is 0 Å². The first kappa shape index (κ1) is 36.2. The van der Waals surface area contributed by atoms with E-state index in [-0.39, 0.29) is 77.6 Å². The third-order valence-corrected chi connectivity index (χ3v) is 0. The Morgan fingerprint density at radius 3 is 0.600 bits per heavy atom. The van der Waals surface area contributed by atoms with Gasteiger partial charge in [-0.25, -0.2) is 0 Å². The van der Waals surface area contributed by atoms with E-state index in [0.717, 1.165) is 0 Å². The second-order valence-corrected chi connectivity index (χ2v) is 0.750.